The van der Waals surface area contributed by atoms with Crippen molar-refractivity contribution in [2.24, 2.45) is 5.92 Å². The number of furan rings is 1. The number of carbonyl (C=O) groups is 2. The molecule has 126 valence electrons. The Kier molecular flexibility index (Phi) is 5.31. The Morgan fingerprint density at radius 2 is 1.83 bits per heavy atom. The Hall–Kier alpha value is -2.56. The van der Waals surface area contributed by atoms with E-state index in [4.69, 9.17) is 9.15 Å². The summed E-state index contributed by atoms with van der Waals surface area (Å²) in [6, 6.07) is 9.91. The minimum Gasteiger partial charge on any atom is -0.462 e. The summed E-state index contributed by atoms with van der Waals surface area (Å²) in [4.78, 5) is 24.0. The van der Waals surface area contributed by atoms with Gasteiger partial charge in [-0.15, -0.1) is 0 Å². The molecule has 2 aromatic rings. The standard InChI is InChI=1S/C19H21NO4/c21-18(17-7-4-12-23-17)20-16-10-8-15(9-11-16)19(22)24-13-14-5-2-1-3-6-14/h4,7-12,14H,1-3,5-6,13H2,(H,20,21). The highest BCUT2D eigenvalue weighted by Gasteiger charge is 2.16. The number of benzene rings is 1. The SMILES string of the molecule is O=C(OCC1CCCCC1)c1ccc(NC(=O)c2ccco2)cc1. The maximum atomic E-state index is 12.1. The fourth-order valence-corrected chi connectivity index (χ4v) is 2.92. The molecule has 0 aliphatic heterocycles. The van der Waals surface area contributed by atoms with Crippen LogP contribution in [0.5, 0.6) is 0 Å². The first kappa shape index (κ1) is 16.3. The molecule has 1 N–H and O–H groups in total. The van der Waals surface area contributed by atoms with Gasteiger partial charge >= 0.3 is 5.97 Å². The summed E-state index contributed by atoms with van der Waals surface area (Å²) in [6.45, 7) is 0.496. The van der Waals surface area contributed by atoms with Gasteiger partial charge in [-0.05, 0) is 55.2 Å². The highest BCUT2D eigenvalue weighted by Crippen LogP contribution is 2.24. The number of hydrogen-bond acceptors (Lipinski definition) is 4. The van der Waals surface area contributed by atoms with E-state index in [1.54, 1.807) is 36.4 Å². The van der Waals surface area contributed by atoms with E-state index in [-0.39, 0.29) is 17.6 Å². The third-order valence-electron chi connectivity index (χ3n) is 4.30. The largest absolute Gasteiger partial charge is 0.462 e. The van der Waals surface area contributed by atoms with Crippen molar-refractivity contribution in [1.29, 1.82) is 0 Å². The van der Waals surface area contributed by atoms with Gasteiger partial charge in [0.25, 0.3) is 5.91 Å². The molecule has 3 rings (SSSR count). The van der Waals surface area contributed by atoms with E-state index in [0.29, 0.717) is 23.8 Å². The van der Waals surface area contributed by atoms with Gasteiger partial charge in [-0.2, -0.15) is 0 Å². The highest BCUT2D eigenvalue weighted by molar-refractivity contribution is 6.02. The lowest BCUT2D eigenvalue weighted by Gasteiger charge is -2.21. The average Bonchev–Trinajstić information content (AvgIpc) is 3.16. The molecule has 1 amide bonds. The van der Waals surface area contributed by atoms with E-state index in [9.17, 15) is 9.59 Å². The smallest absolute Gasteiger partial charge is 0.338 e. The molecule has 1 heterocycles. The molecule has 1 aliphatic carbocycles. The number of hydrogen-bond donors (Lipinski definition) is 1. The first-order valence-electron chi connectivity index (χ1n) is 8.34. The zero-order valence-corrected chi connectivity index (χ0v) is 13.5. The third-order valence-corrected chi connectivity index (χ3v) is 4.30. The lowest BCUT2D eigenvalue weighted by molar-refractivity contribution is 0.0410. The molecule has 0 saturated heterocycles. The van der Waals surface area contributed by atoms with Crippen LogP contribution in [-0.2, 0) is 4.74 Å². The summed E-state index contributed by atoms with van der Waals surface area (Å²) in [5.74, 6) is 0.0950. The van der Waals surface area contributed by atoms with E-state index >= 15 is 0 Å². The maximum Gasteiger partial charge on any atom is 0.338 e. The second-order valence-corrected chi connectivity index (χ2v) is 6.11. The molecular formula is C19H21NO4. The number of ether oxygens (including phenoxy) is 1. The van der Waals surface area contributed by atoms with Gasteiger partial charge in [-0.1, -0.05) is 19.3 Å². The molecule has 1 fully saturated rings. The number of carbonyl (C=O) groups excluding carboxylic acids is 2. The highest BCUT2D eigenvalue weighted by atomic mass is 16.5. The number of esters is 1. The van der Waals surface area contributed by atoms with Gasteiger partial charge in [0.15, 0.2) is 5.76 Å². The minimum atomic E-state index is -0.326. The molecule has 0 bridgehead atoms. The number of nitrogens with one attached hydrogen (secondary N) is 1. The Morgan fingerprint density at radius 3 is 2.50 bits per heavy atom. The molecule has 0 radical (unpaired) electrons. The van der Waals surface area contributed by atoms with Crippen LogP contribution in [0.2, 0.25) is 0 Å². The van der Waals surface area contributed by atoms with Crippen LogP contribution in [0.4, 0.5) is 5.69 Å². The normalized spacial score (nSPS) is 15.0. The van der Waals surface area contributed by atoms with Gasteiger partial charge in [0, 0.05) is 5.69 Å². The zero-order valence-electron chi connectivity index (χ0n) is 13.5. The van der Waals surface area contributed by atoms with E-state index in [2.05, 4.69) is 5.32 Å². The first-order chi connectivity index (χ1) is 11.7. The third kappa shape index (κ3) is 4.25. The van der Waals surface area contributed by atoms with Crippen LogP contribution in [0.25, 0.3) is 0 Å². The average molecular weight is 327 g/mol. The van der Waals surface area contributed by atoms with Crippen LogP contribution >= 0.6 is 0 Å². The van der Waals surface area contributed by atoms with Crippen molar-refractivity contribution in [1.82, 2.24) is 0 Å². The molecule has 1 aliphatic rings. The van der Waals surface area contributed by atoms with E-state index in [1.807, 2.05) is 0 Å². The van der Waals surface area contributed by atoms with Crippen molar-refractivity contribution >= 4 is 17.6 Å². The quantitative estimate of drug-likeness (QED) is 0.833. The number of anilines is 1. The monoisotopic (exact) mass is 327 g/mol. The van der Waals surface area contributed by atoms with E-state index in [1.165, 1.54) is 25.5 Å². The summed E-state index contributed by atoms with van der Waals surface area (Å²) < 4.78 is 10.4. The van der Waals surface area contributed by atoms with Crippen LogP contribution < -0.4 is 5.32 Å². The fraction of sp³-hybridized carbons (Fsp3) is 0.368. The first-order valence-corrected chi connectivity index (χ1v) is 8.34. The van der Waals surface area contributed by atoms with E-state index < -0.39 is 0 Å². The van der Waals surface area contributed by atoms with Crippen LogP contribution in [0.3, 0.4) is 0 Å². The van der Waals surface area contributed by atoms with Gasteiger partial charge in [0.2, 0.25) is 0 Å². The molecular weight excluding hydrogens is 306 g/mol. The van der Waals surface area contributed by atoms with Gasteiger partial charge in [0.1, 0.15) is 0 Å². The molecule has 1 aromatic heterocycles. The minimum absolute atomic E-state index is 0.242. The Morgan fingerprint density at radius 1 is 1.08 bits per heavy atom. The van der Waals surface area contributed by atoms with Crippen LogP contribution in [0, 0.1) is 5.92 Å². The Labute approximate surface area is 141 Å². The van der Waals surface area contributed by atoms with Crippen molar-refractivity contribution in [3.05, 3.63) is 54.0 Å². The molecule has 5 nitrogen and oxygen atoms in total. The van der Waals surface area contributed by atoms with E-state index in [0.717, 1.165) is 12.8 Å². The van der Waals surface area contributed by atoms with Gasteiger partial charge in [-0.3, -0.25) is 4.79 Å². The molecule has 0 unspecified atom stereocenters. The summed E-state index contributed by atoms with van der Waals surface area (Å²) in [7, 11) is 0. The number of rotatable bonds is 5. The second kappa shape index (κ2) is 7.81. The molecule has 0 atom stereocenters. The molecule has 24 heavy (non-hydrogen) atoms. The Balaban J connectivity index is 1.51. The zero-order chi connectivity index (χ0) is 16.8. The number of amides is 1. The maximum absolute atomic E-state index is 12.1. The van der Waals surface area contributed by atoms with Crippen LogP contribution in [0.15, 0.2) is 47.1 Å². The topological polar surface area (TPSA) is 68.5 Å². The lowest BCUT2D eigenvalue weighted by Crippen LogP contribution is -2.17. The summed E-state index contributed by atoms with van der Waals surface area (Å²) >= 11 is 0. The fourth-order valence-electron chi connectivity index (χ4n) is 2.92. The van der Waals surface area contributed by atoms with Crippen LogP contribution in [0.1, 0.15) is 53.0 Å². The van der Waals surface area contributed by atoms with Gasteiger partial charge < -0.3 is 14.5 Å². The lowest BCUT2D eigenvalue weighted by atomic mass is 9.90. The van der Waals surface area contributed by atoms with Crippen molar-refractivity contribution in [2.75, 3.05) is 11.9 Å². The predicted octanol–water partition coefficient (Wildman–Crippen LogP) is 4.27. The predicted molar refractivity (Wildman–Crippen MR) is 90.0 cm³/mol. The summed E-state index contributed by atoms with van der Waals surface area (Å²) in [5.41, 5.74) is 1.09. The van der Waals surface area contributed by atoms with Crippen molar-refractivity contribution < 1.29 is 18.7 Å². The van der Waals surface area contributed by atoms with Gasteiger partial charge in [-0.25, -0.2) is 4.79 Å². The van der Waals surface area contributed by atoms with Gasteiger partial charge in [0.05, 0.1) is 18.4 Å². The van der Waals surface area contributed by atoms with Crippen LogP contribution in [-0.4, -0.2) is 18.5 Å². The molecule has 1 saturated carbocycles. The van der Waals surface area contributed by atoms with Crippen molar-refractivity contribution in [3.63, 3.8) is 0 Å². The molecule has 5 heteroatoms. The molecule has 0 spiro atoms. The second-order valence-electron chi connectivity index (χ2n) is 6.11. The Bertz CT molecular complexity index is 670. The summed E-state index contributed by atoms with van der Waals surface area (Å²) in [6.07, 6.45) is 7.48. The van der Waals surface area contributed by atoms with Crippen molar-refractivity contribution in [3.8, 4) is 0 Å². The summed E-state index contributed by atoms with van der Waals surface area (Å²) in [5, 5.41) is 2.71. The van der Waals surface area contributed by atoms with Crippen molar-refractivity contribution in [2.45, 2.75) is 32.1 Å². The molecule has 1 aromatic carbocycles.